The minimum absolute atomic E-state index is 0.117. The van der Waals surface area contributed by atoms with Crippen LogP contribution >= 0.6 is 0 Å². The molecule has 2 aliphatic heterocycles. The van der Waals surface area contributed by atoms with Crippen molar-refractivity contribution in [3.05, 3.63) is 35.5 Å². The number of rotatable bonds is 2. The predicted octanol–water partition coefficient (Wildman–Crippen LogP) is 4.02. The SMILES string of the molecule is C=C(C)[C@@H]1C[C@@H](N2CCCCC2)/C(C)=C/CCC2=C[C@@H]1OC2=O. The van der Waals surface area contributed by atoms with Crippen molar-refractivity contribution in [2.75, 3.05) is 13.1 Å². The van der Waals surface area contributed by atoms with Crippen molar-refractivity contribution in [1.82, 2.24) is 4.90 Å². The molecule has 0 N–H and O–H groups in total. The van der Waals surface area contributed by atoms with E-state index < -0.39 is 0 Å². The molecule has 3 heteroatoms. The van der Waals surface area contributed by atoms with Gasteiger partial charge < -0.3 is 4.74 Å². The van der Waals surface area contributed by atoms with Crippen LogP contribution in [-0.4, -0.2) is 36.1 Å². The van der Waals surface area contributed by atoms with Crippen LogP contribution in [0.5, 0.6) is 0 Å². The highest BCUT2D eigenvalue weighted by molar-refractivity contribution is 5.91. The highest BCUT2D eigenvalue weighted by atomic mass is 16.5. The lowest BCUT2D eigenvalue weighted by atomic mass is 9.84. The van der Waals surface area contributed by atoms with Crippen molar-refractivity contribution in [3.8, 4) is 0 Å². The lowest BCUT2D eigenvalue weighted by molar-refractivity contribution is -0.141. The summed E-state index contributed by atoms with van der Waals surface area (Å²) in [6.45, 7) is 10.9. The van der Waals surface area contributed by atoms with Gasteiger partial charge in [-0.1, -0.05) is 30.2 Å². The number of nitrogens with zero attached hydrogens (tertiary/aromatic N) is 1. The van der Waals surface area contributed by atoms with E-state index in [0.29, 0.717) is 6.04 Å². The van der Waals surface area contributed by atoms with E-state index in [0.717, 1.165) is 30.4 Å². The van der Waals surface area contributed by atoms with Crippen LogP contribution in [0, 0.1) is 5.92 Å². The Labute approximate surface area is 140 Å². The molecule has 2 bridgehead atoms. The highest BCUT2D eigenvalue weighted by Crippen LogP contribution is 2.34. The fraction of sp³-hybridized carbons (Fsp3) is 0.650. The quantitative estimate of drug-likeness (QED) is 0.569. The summed E-state index contributed by atoms with van der Waals surface area (Å²) in [4.78, 5) is 14.7. The molecule has 23 heavy (non-hydrogen) atoms. The van der Waals surface area contributed by atoms with Gasteiger partial charge in [0, 0.05) is 17.5 Å². The Morgan fingerprint density at radius 1 is 1.30 bits per heavy atom. The summed E-state index contributed by atoms with van der Waals surface area (Å²) >= 11 is 0. The maximum atomic E-state index is 12.1. The fourth-order valence-electron chi connectivity index (χ4n) is 4.18. The largest absolute Gasteiger partial charge is 0.454 e. The van der Waals surface area contributed by atoms with E-state index >= 15 is 0 Å². The monoisotopic (exact) mass is 315 g/mol. The van der Waals surface area contributed by atoms with Crippen molar-refractivity contribution in [1.29, 1.82) is 0 Å². The first-order chi connectivity index (χ1) is 11.1. The fourth-order valence-corrected chi connectivity index (χ4v) is 4.18. The number of hydrogen-bond acceptors (Lipinski definition) is 3. The highest BCUT2D eigenvalue weighted by Gasteiger charge is 2.35. The third kappa shape index (κ3) is 3.60. The molecular weight excluding hydrogens is 286 g/mol. The Hall–Kier alpha value is -1.35. The van der Waals surface area contributed by atoms with Crippen LogP contribution in [0.2, 0.25) is 0 Å². The molecule has 0 aromatic carbocycles. The zero-order chi connectivity index (χ0) is 16.4. The molecule has 0 aromatic rings. The average molecular weight is 315 g/mol. The molecule has 0 spiro atoms. The van der Waals surface area contributed by atoms with Crippen LogP contribution in [0.4, 0.5) is 0 Å². The summed E-state index contributed by atoms with van der Waals surface area (Å²) in [5.74, 6) is 0.0913. The number of allylic oxidation sites excluding steroid dienone is 1. The molecule has 1 saturated heterocycles. The Balaban J connectivity index is 1.88. The van der Waals surface area contributed by atoms with Crippen molar-refractivity contribution >= 4 is 5.97 Å². The molecule has 3 nitrogen and oxygen atoms in total. The molecule has 0 unspecified atom stereocenters. The molecule has 0 aromatic heterocycles. The molecular formula is C20H29NO2. The van der Waals surface area contributed by atoms with Crippen LogP contribution in [0.1, 0.15) is 52.4 Å². The molecule has 126 valence electrons. The summed E-state index contributed by atoms with van der Waals surface area (Å²) in [7, 11) is 0. The van der Waals surface area contributed by atoms with E-state index in [1.54, 1.807) is 0 Å². The first-order valence-electron chi connectivity index (χ1n) is 9.04. The number of likely N-dealkylation sites (tertiary alicyclic amines) is 1. The van der Waals surface area contributed by atoms with Gasteiger partial charge in [0.15, 0.2) is 0 Å². The number of piperidine rings is 1. The van der Waals surface area contributed by atoms with Crippen molar-refractivity contribution < 1.29 is 9.53 Å². The van der Waals surface area contributed by atoms with Crippen LogP contribution in [0.25, 0.3) is 0 Å². The lowest BCUT2D eigenvalue weighted by Gasteiger charge is -2.38. The van der Waals surface area contributed by atoms with Gasteiger partial charge in [0.05, 0.1) is 0 Å². The molecule has 1 aliphatic carbocycles. The van der Waals surface area contributed by atoms with Crippen LogP contribution in [0.3, 0.4) is 0 Å². The zero-order valence-corrected chi connectivity index (χ0v) is 14.5. The van der Waals surface area contributed by atoms with Crippen LogP contribution in [0.15, 0.2) is 35.5 Å². The zero-order valence-electron chi connectivity index (χ0n) is 14.5. The summed E-state index contributed by atoms with van der Waals surface area (Å²) in [5.41, 5.74) is 3.42. The van der Waals surface area contributed by atoms with E-state index in [9.17, 15) is 4.79 Å². The third-order valence-corrected chi connectivity index (χ3v) is 5.61. The molecule has 0 radical (unpaired) electrons. The minimum Gasteiger partial charge on any atom is -0.454 e. The molecule has 3 atom stereocenters. The summed E-state index contributed by atoms with van der Waals surface area (Å²) < 4.78 is 5.67. The Morgan fingerprint density at radius 2 is 2.04 bits per heavy atom. The van der Waals surface area contributed by atoms with Crippen LogP contribution in [-0.2, 0) is 9.53 Å². The molecule has 2 heterocycles. The average Bonchev–Trinajstić information content (AvgIpc) is 2.88. The normalized spacial score (nSPS) is 35.0. The van der Waals surface area contributed by atoms with E-state index in [1.807, 2.05) is 0 Å². The molecule has 3 rings (SSSR count). The van der Waals surface area contributed by atoms with Gasteiger partial charge in [0.2, 0.25) is 0 Å². The van der Waals surface area contributed by atoms with Gasteiger partial charge in [-0.25, -0.2) is 4.79 Å². The summed E-state index contributed by atoms with van der Waals surface area (Å²) in [6.07, 6.45) is 10.9. The van der Waals surface area contributed by atoms with Gasteiger partial charge in [-0.15, -0.1) is 0 Å². The lowest BCUT2D eigenvalue weighted by Crippen LogP contribution is -2.42. The Bertz CT molecular complexity index is 540. The summed E-state index contributed by atoms with van der Waals surface area (Å²) in [5, 5.41) is 0. The smallest absolute Gasteiger partial charge is 0.334 e. The van der Waals surface area contributed by atoms with Gasteiger partial charge >= 0.3 is 5.97 Å². The molecule has 1 fully saturated rings. The first-order valence-corrected chi connectivity index (χ1v) is 9.04. The van der Waals surface area contributed by atoms with E-state index in [4.69, 9.17) is 4.74 Å². The maximum absolute atomic E-state index is 12.1. The number of hydrogen-bond donors (Lipinski definition) is 0. The number of esters is 1. The second kappa shape index (κ2) is 7.04. The van der Waals surface area contributed by atoms with E-state index in [-0.39, 0.29) is 18.0 Å². The van der Waals surface area contributed by atoms with Crippen molar-refractivity contribution in [2.24, 2.45) is 5.92 Å². The van der Waals surface area contributed by atoms with E-state index in [2.05, 4.69) is 37.5 Å². The maximum Gasteiger partial charge on any atom is 0.334 e. The molecule has 3 aliphatic rings. The third-order valence-electron chi connectivity index (χ3n) is 5.61. The van der Waals surface area contributed by atoms with E-state index in [1.165, 1.54) is 37.9 Å². The number of carbonyl (C=O) groups is 1. The summed E-state index contributed by atoms with van der Waals surface area (Å²) in [6, 6.07) is 0.450. The van der Waals surface area contributed by atoms with Crippen molar-refractivity contribution in [2.45, 2.75) is 64.5 Å². The second-order valence-electron chi connectivity index (χ2n) is 7.35. The molecule has 0 saturated carbocycles. The minimum atomic E-state index is -0.122. The van der Waals surface area contributed by atoms with Gasteiger partial charge in [-0.3, -0.25) is 4.90 Å². The number of ether oxygens (including phenoxy) is 1. The van der Waals surface area contributed by atoms with Crippen LogP contribution < -0.4 is 0 Å². The molecule has 0 amide bonds. The second-order valence-corrected chi connectivity index (χ2v) is 7.35. The topological polar surface area (TPSA) is 29.5 Å². The predicted molar refractivity (Wildman–Crippen MR) is 93.1 cm³/mol. The Morgan fingerprint density at radius 3 is 2.74 bits per heavy atom. The van der Waals surface area contributed by atoms with Gasteiger partial charge in [-0.05, 0) is 65.1 Å². The number of carbonyl (C=O) groups excluding carboxylic acids is 1. The van der Waals surface area contributed by atoms with Gasteiger partial charge in [0.25, 0.3) is 0 Å². The Kier molecular flexibility index (Phi) is 5.05. The standard InChI is InChI=1S/C20H29NO2/c1-14(2)17-13-18(21-10-5-4-6-11-21)15(3)8-7-9-16-12-19(17)23-20(16)22/h8,12,17-19H,1,4-7,9-11,13H2,2-3H3/b15-8+/t17-,18+,19-/m0/s1. The van der Waals surface area contributed by atoms with Crippen molar-refractivity contribution in [3.63, 3.8) is 0 Å². The first kappa shape index (κ1) is 16.5. The number of fused-ring (bicyclic) bond motifs is 1. The van der Waals surface area contributed by atoms with Gasteiger partial charge in [-0.2, -0.15) is 0 Å². The van der Waals surface area contributed by atoms with Gasteiger partial charge in [0.1, 0.15) is 6.10 Å².